The molecule has 0 aliphatic carbocycles. The summed E-state index contributed by atoms with van der Waals surface area (Å²) in [6.45, 7) is 11.4. The van der Waals surface area contributed by atoms with E-state index in [9.17, 15) is 4.79 Å². The number of hydrogen-bond acceptors (Lipinski definition) is 2. The van der Waals surface area contributed by atoms with Crippen LogP contribution in [0.15, 0.2) is 11.8 Å². The van der Waals surface area contributed by atoms with Crippen molar-refractivity contribution in [2.45, 2.75) is 33.5 Å². The summed E-state index contributed by atoms with van der Waals surface area (Å²) in [5.41, 5.74) is 0.856. The molecule has 1 N–H and O–H groups in total. The Hall–Kier alpha value is -0.773. The van der Waals surface area contributed by atoms with E-state index in [1.54, 1.807) is 0 Å². The van der Waals surface area contributed by atoms with Gasteiger partial charge in [0.2, 0.25) is 0 Å². The lowest BCUT2D eigenvalue weighted by Gasteiger charge is -2.35. The van der Waals surface area contributed by atoms with Gasteiger partial charge in [0.15, 0.2) is 0 Å². The largest absolute Gasteiger partial charge is 0.478 e. The van der Waals surface area contributed by atoms with Crippen molar-refractivity contribution in [1.82, 2.24) is 4.57 Å². The van der Waals surface area contributed by atoms with Crippen molar-refractivity contribution in [2.24, 2.45) is 0 Å². The van der Waals surface area contributed by atoms with Gasteiger partial charge in [-0.05, 0) is 13.8 Å². The standard InChI is InChI=1S/C9H19NO2Si/c1-6-10(13(3,4)5)8(2)7-9(11)12/h7H,6H2,1-5H3,(H,11,12)/b8-7-. The molecule has 0 aromatic carbocycles. The first-order valence-electron chi connectivity index (χ1n) is 4.48. The van der Waals surface area contributed by atoms with Gasteiger partial charge in [0.1, 0.15) is 8.24 Å². The van der Waals surface area contributed by atoms with Gasteiger partial charge in [-0.2, -0.15) is 0 Å². The molecule has 0 atom stereocenters. The van der Waals surface area contributed by atoms with E-state index in [-0.39, 0.29) is 0 Å². The fourth-order valence-electron chi connectivity index (χ4n) is 1.51. The summed E-state index contributed by atoms with van der Waals surface area (Å²) in [6, 6.07) is 0. The number of aliphatic carboxylic acids is 1. The molecule has 0 aliphatic heterocycles. The second-order valence-corrected chi connectivity index (χ2v) is 8.92. The Bertz CT molecular complexity index is 218. The smallest absolute Gasteiger partial charge is 0.330 e. The zero-order valence-electron chi connectivity index (χ0n) is 9.09. The molecule has 76 valence electrons. The van der Waals surface area contributed by atoms with Crippen molar-refractivity contribution < 1.29 is 9.90 Å². The Morgan fingerprint density at radius 2 is 1.92 bits per heavy atom. The van der Waals surface area contributed by atoms with Crippen LogP contribution in [-0.2, 0) is 4.79 Å². The minimum Gasteiger partial charge on any atom is -0.478 e. The van der Waals surface area contributed by atoms with Gasteiger partial charge in [-0.15, -0.1) is 0 Å². The van der Waals surface area contributed by atoms with E-state index in [2.05, 4.69) is 31.1 Å². The summed E-state index contributed by atoms with van der Waals surface area (Å²) in [5.74, 6) is -0.866. The molecule has 0 bridgehead atoms. The van der Waals surface area contributed by atoms with Crippen LogP contribution in [0.5, 0.6) is 0 Å². The zero-order chi connectivity index (χ0) is 10.6. The normalized spacial score (nSPS) is 12.8. The molecule has 0 aromatic rings. The highest BCUT2D eigenvalue weighted by Crippen LogP contribution is 2.15. The van der Waals surface area contributed by atoms with Crippen LogP contribution in [0.4, 0.5) is 0 Å². The Balaban J connectivity index is 4.69. The molecule has 4 heteroatoms. The number of carboxylic acids is 1. The van der Waals surface area contributed by atoms with E-state index in [1.807, 2.05) is 6.92 Å². The summed E-state index contributed by atoms with van der Waals surface area (Å²) in [6.07, 6.45) is 1.28. The van der Waals surface area contributed by atoms with Gasteiger partial charge in [0.05, 0.1) is 0 Å². The highest BCUT2D eigenvalue weighted by molar-refractivity contribution is 6.73. The van der Waals surface area contributed by atoms with Gasteiger partial charge >= 0.3 is 5.97 Å². The molecule has 0 aromatic heterocycles. The number of nitrogens with zero attached hydrogens (tertiary/aromatic N) is 1. The van der Waals surface area contributed by atoms with Crippen LogP contribution in [0, 0.1) is 0 Å². The molecule has 0 aliphatic rings. The summed E-state index contributed by atoms with van der Waals surface area (Å²) in [4.78, 5) is 10.5. The van der Waals surface area contributed by atoms with E-state index in [0.717, 1.165) is 12.2 Å². The predicted molar refractivity (Wildman–Crippen MR) is 57.1 cm³/mol. The maximum absolute atomic E-state index is 10.5. The lowest BCUT2D eigenvalue weighted by Crippen LogP contribution is -2.44. The minimum atomic E-state index is -1.41. The maximum atomic E-state index is 10.5. The van der Waals surface area contributed by atoms with Crippen LogP contribution in [0.25, 0.3) is 0 Å². The summed E-state index contributed by atoms with van der Waals surface area (Å²) < 4.78 is 2.20. The molecule has 0 heterocycles. The molecule has 13 heavy (non-hydrogen) atoms. The third-order valence-electron chi connectivity index (χ3n) is 1.88. The molecule has 3 nitrogen and oxygen atoms in total. The average Bonchev–Trinajstić information content (AvgIpc) is 1.82. The molecular weight excluding hydrogens is 182 g/mol. The number of carbonyl (C=O) groups is 1. The van der Waals surface area contributed by atoms with Crippen molar-refractivity contribution >= 4 is 14.2 Å². The summed E-state index contributed by atoms with van der Waals surface area (Å²) in [7, 11) is -1.41. The lowest BCUT2D eigenvalue weighted by atomic mass is 10.4. The predicted octanol–water partition coefficient (Wildman–Crippen LogP) is 2.13. The van der Waals surface area contributed by atoms with E-state index in [1.165, 1.54) is 6.08 Å². The van der Waals surface area contributed by atoms with E-state index < -0.39 is 14.2 Å². The first-order valence-corrected chi connectivity index (χ1v) is 7.92. The lowest BCUT2D eigenvalue weighted by molar-refractivity contribution is -0.131. The second-order valence-electron chi connectivity index (χ2n) is 4.04. The van der Waals surface area contributed by atoms with Gasteiger partial charge in [-0.1, -0.05) is 19.6 Å². The molecular formula is C9H19NO2Si. The van der Waals surface area contributed by atoms with Crippen LogP contribution in [0.1, 0.15) is 13.8 Å². The molecule has 0 saturated heterocycles. The summed E-state index contributed by atoms with van der Waals surface area (Å²) in [5, 5.41) is 8.61. The van der Waals surface area contributed by atoms with Crippen molar-refractivity contribution in [3.05, 3.63) is 11.8 Å². The molecule has 0 fully saturated rings. The highest BCUT2D eigenvalue weighted by Gasteiger charge is 2.22. The Morgan fingerprint density at radius 3 is 2.15 bits per heavy atom. The number of carboxylic acid groups (broad SMARTS) is 1. The van der Waals surface area contributed by atoms with Crippen molar-refractivity contribution in [3.8, 4) is 0 Å². The maximum Gasteiger partial charge on any atom is 0.330 e. The van der Waals surface area contributed by atoms with Crippen LogP contribution < -0.4 is 0 Å². The van der Waals surface area contributed by atoms with E-state index >= 15 is 0 Å². The zero-order valence-corrected chi connectivity index (χ0v) is 10.1. The van der Waals surface area contributed by atoms with Crippen LogP contribution in [0.2, 0.25) is 19.6 Å². The van der Waals surface area contributed by atoms with Crippen molar-refractivity contribution in [1.29, 1.82) is 0 Å². The Morgan fingerprint density at radius 1 is 1.46 bits per heavy atom. The first-order chi connectivity index (χ1) is 5.79. The molecule has 0 unspecified atom stereocenters. The van der Waals surface area contributed by atoms with Crippen LogP contribution in [0.3, 0.4) is 0 Å². The van der Waals surface area contributed by atoms with Gasteiger partial charge < -0.3 is 9.67 Å². The fraction of sp³-hybridized carbons (Fsp3) is 0.667. The van der Waals surface area contributed by atoms with Crippen LogP contribution in [-0.4, -0.2) is 30.4 Å². The Labute approximate surface area is 81.1 Å². The van der Waals surface area contributed by atoms with Gasteiger partial charge in [-0.25, -0.2) is 4.79 Å². The molecule has 0 radical (unpaired) electrons. The quantitative estimate of drug-likeness (QED) is 0.559. The van der Waals surface area contributed by atoms with E-state index in [4.69, 9.17) is 5.11 Å². The Kier molecular flexibility index (Phi) is 4.19. The topological polar surface area (TPSA) is 40.5 Å². The fourth-order valence-corrected chi connectivity index (χ4v) is 3.58. The molecule has 0 amide bonds. The van der Waals surface area contributed by atoms with Crippen molar-refractivity contribution in [3.63, 3.8) is 0 Å². The second kappa shape index (κ2) is 4.46. The minimum absolute atomic E-state index is 0.856. The average molecular weight is 201 g/mol. The monoisotopic (exact) mass is 201 g/mol. The molecule has 0 rings (SSSR count). The SMILES string of the molecule is CCN(/C(C)=C\C(=O)O)[Si](C)(C)C. The first kappa shape index (κ1) is 12.2. The molecule has 0 spiro atoms. The highest BCUT2D eigenvalue weighted by atomic mass is 28.3. The van der Waals surface area contributed by atoms with Crippen LogP contribution >= 0.6 is 0 Å². The number of allylic oxidation sites excluding steroid dienone is 1. The van der Waals surface area contributed by atoms with Gasteiger partial charge in [-0.3, -0.25) is 0 Å². The number of hydrogen-bond donors (Lipinski definition) is 1. The van der Waals surface area contributed by atoms with Gasteiger partial charge in [0.25, 0.3) is 0 Å². The van der Waals surface area contributed by atoms with Crippen molar-refractivity contribution in [2.75, 3.05) is 6.54 Å². The van der Waals surface area contributed by atoms with Gasteiger partial charge in [0, 0.05) is 18.3 Å². The molecule has 0 saturated carbocycles. The number of rotatable bonds is 4. The summed E-state index contributed by atoms with van der Waals surface area (Å²) >= 11 is 0. The third kappa shape index (κ3) is 4.12. The van der Waals surface area contributed by atoms with E-state index in [0.29, 0.717) is 0 Å². The third-order valence-corrected chi connectivity index (χ3v) is 4.17.